The molecule has 0 saturated carbocycles. The summed E-state index contributed by atoms with van der Waals surface area (Å²) in [5.74, 6) is -0.466. The Morgan fingerprint density at radius 3 is 2.77 bits per heavy atom. The molecule has 0 radical (unpaired) electrons. The van der Waals surface area contributed by atoms with E-state index in [0.717, 1.165) is 4.57 Å². The van der Waals surface area contributed by atoms with Crippen molar-refractivity contribution in [3.63, 3.8) is 0 Å². The van der Waals surface area contributed by atoms with Crippen LogP contribution >= 0.6 is 23.7 Å². The summed E-state index contributed by atoms with van der Waals surface area (Å²) in [5.41, 5.74) is -1.10. The van der Waals surface area contributed by atoms with Crippen LogP contribution in [0.3, 0.4) is 0 Å². The zero-order chi connectivity index (χ0) is 25.6. The third-order valence-corrected chi connectivity index (χ3v) is 6.94. The Balaban J connectivity index is 1.75. The molecular weight excluding hydrogens is 549 g/mol. The van der Waals surface area contributed by atoms with Crippen molar-refractivity contribution in [2.24, 2.45) is 0 Å². The standard InChI is InChI=1S/C21H25BrN3O9P/c1-13(20(28)31-2)24-35(30,34-15-6-4-3-5-7-15)32-12-17-16(26)10-18(33-17)25-11-14(8-9-22)19(27)23-21(25)29/h3-9,11,13,16-18,26H,10,12H2,1-2H3,(H,24,30)(H,23,27,29)/b9-8+/t13-,16?,17+,18+,35?/m0/s1. The number of aliphatic hydroxyl groups excluding tert-OH is 1. The summed E-state index contributed by atoms with van der Waals surface area (Å²) >= 11 is 3.08. The van der Waals surface area contributed by atoms with Crippen LogP contribution in [0, 0.1) is 0 Å². The number of methoxy groups -OCH3 is 1. The minimum absolute atomic E-state index is 0.00722. The monoisotopic (exact) mass is 573 g/mol. The summed E-state index contributed by atoms with van der Waals surface area (Å²) in [6.07, 6.45) is -0.224. The number of nitrogens with zero attached hydrogens (tertiary/aromatic N) is 1. The summed E-state index contributed by atoms with van der Waals surface area (Å²) in [7, 11) is -2.95. The lowest BCUT2D eigenvalue weighted by molar-refractivity contribution is -0.142. The number of hydrogen-bond acceptors (Lipinski definition) is 9. The van der Waals surface area contributed by atoms with Gasteiger partial charge in [0.1, 0.15) is 24.1 Å². The van der Waals surface area contributed by atoms with Gasteiger partial charge < -0.3 is 19.1 Å². The Hall–Kier alpha value is -2.54. The number of hydrogen-bond donors (Lipinski definition) is 3. The van der Waals surface area contributed by atoms with Crippen molar-refractivity contribution in [3.05, 3.63) is 67.9 Å². The molecular formula is C21H25BrN3O9P. The second-order valence-electron chi connectivity index (χ2n) is 7.55. The largest absolute Gasteiger partial charge is 0.468 e. The van der Waals surface area contributed by atoms with E-state index >= 15 is 0 Å². The molecule has 2 heterocycles. The summed E-state index contributed by atoms with van der Waals surface area (Å²) in [4.78, 5) is 39.7. The van der Waals surface area contributed by atoms with Crippen molar-refractivity contribution in [1.82, 2.24) is 14.6 Å². The van der Waals surface area contributed by atoms with Gasteiger partial charge in [-0.3, -0.25) is 23.7 Å². The number of esters is 1. The van der Waals surface area contributed by atoms with Gasteiger partial charge >= 0.3 is 19.4 Å². The molecule has 14 heteroatoms. The first kappa shape index (κ1) is 27.1. The topological polar surface area (TPSA) is 158 Å². The van der Waals surface area contributed by atoms with Gasteiger partial charge in [0.25, 0.3) is 5.56 Å². The first-order chi connectivity index (χ1) is 16.7. The van der Waals surface area contributed by atoms with Crippen molar-refractivity contribution < 1.29 is 33.0 Å². The Morgan fingerprint density at radius 2 is 2.11 bits per heavy atom. The van der Waals surface area contributed by atoms with Gasteiger partial charge in [0, 0.05) is 12.6 Å². The molecule has 35 heavy (non-hydrogen) atoms. The Kier molecular flexibility index (Phi) is 9.22. The minimum atomic E-state index is -4.14. The average Bonchev–Trinajstić information content (AvgIpc) is 3.19. The highest BCUT2D eigenvalue weighted by molar-refractivity contribution is 9.11. The molecule has 0 spiro atoms. The molecule has 0 aliphatic carbocycles. The number of rotatable bonds is 10. The lowest BCUT2D eigenvalue weighted by atomic mass is 10.2. The maximum absolute atomic E-state index is 13.4. The van der Waals surface area contributed by atoms with E-state index in [1.165, 1.54) is 31.3 Å². The van der Waals surface area contributed by atoms with Gasteiger partial charge in [-0.1, -0.05) is 34.1 Å². The van der Waals surface area contributed by atoms with E-state index in [-0.39, 0.29) is 17.7 Å². The number of aromatic nitrogens is 2. The van der Waals surface area contributed by atoms with Gasteiger partial charge in [0.05, 0.1) is 25.4 Å². The summed E-state index contributed by atoms with van der Waals surface area (Å²) in [5, 5.41) is 13.0. The van der Waals surface area contributed by atoms with Gasteiger partial charge in [0.15, 0.2) is 0 Å². The van der Waals surface area contributed by atoms with E-state index in [4.69, 9.17) is 13.8 Å². The number of aliphatic hydroxyl groups is 1. The van der Waals surface area contributed by atoms with Crippen molar-refractivity contribution in [1.29, 1.82) is 0 Å². The molecule has 1 aromatic heterocycles. The molecule has 5 atom stereocenters. The molecule has 12 nitrogen and oxygen atoms in total. The van der Waals surface area contributed by atoms with Crippen molar-refractivity contribution >= 4 is 35.7 Å². The zero-order valence-electron chi connectivity index (χ0n) is 18.8. The summed E-state index contributed by atoms with van der Waals surface area (Å²) < 4.78 is 36.0. The van der Waals surface area contributed by atoms with Crippen LogP contribution in [0.25, 0.3) is 6.08 Å². The molecule has 1 fully saturated rings. The number of benzene rings is 1. The Morgan fingerprint density at radius 1 is 1.40 bits per heavy atom. The number of H-pyrrole nitrogens is 1. The van der Waals surface area contributed by atoms with Crippen LogP contribution in [0.4, 0.5) is 0 Å². The fraction of sp³-hybridized carbons (Fsp3) is 0.381. The van der Waals surface area contributed by atoms with E-state index in [9.17, 15) is 24.1 Å². The first-order valence-electron chi connectivity index (χ1n) is 10.5. The number of ether oxygens (including phenoxy) is 2. The van der Waals surface area contributed by atoms with Gasteiger partial charge in [-0.05, 0) is 30.1 Å². The number of nitrogens with one attached hydrogen (secondary N) is 2. The molecule has 0 amide bonds. The van der Waals surface area contributed by atoms with Crippen molar-refractivity contribution in [2.75, 3.05) is 13.7 Å². The molecule has 0 bridgehead atoms. The summed E-state index contributed by atoms with van der Waals surface area (Å²) in [6, 6.07) is 7.15. The van der Waals surface area contributed by atoms with Gasteiger partial charge in [-0.25, -0.2) is 9.36 Å². The maximum atomic E-state index is 13.4. The van der Waals surface area contributed by atoms with Gasteiger partial charge in [0.2, 0.25) is 0 Å². The number of carbonyl (C=O) groups excluding carboxylic acids is 1. The lowest BCUT2D eigenvalue weighted by Crippen LogP contribution is -2.36. The minimum Gasteiger partial charge on any atom is -0.468 e. The quantitative estimate of drug-likeness (QED) is 0.283. The Labute approximate surface area is 208 Å². The van der Waals surface area contributed by atoms with E-state index in [1.54, 1.807) is 30.3 Å². The van der Waals surface area contributed by atoms with Crippen LogP contribution in [0.15, 0.2) is 51.1 Å². The molecule has 2 aromatic rings. The highest BCUT2D eigenvalue weighted by Gasteiger charge is 2.39. The van der Waals surface area contributed by atoms with Crippen molar-refractivity contribution in [3.8, 4) is 5.75 Å². The molecule has 190 valence electrons. The third kappa shape index (κ3) is 7.00. The smallest absolute Gasteiger partial charge is 0.459 e. The second kappa shape index (κ2) is 11.9. The van der Waals surface area contributed by atoms with E-state index in [1.807, 2.05) is 0 Å². The SMILES string of the molecule is COC(=O)[C@H](C)NP(=O)(OC[C@H]1O[C@@H](n2cc(/C=C/Br)c(=O)[nH]c2=O)CC1O)Oc1ccccc1. The van der Waals surface area contributed by atoms with Crippen LogP contribution in [-0.4, -0.2) is 52.6 Å². The van der Waals surface area contributed by atoms with Crippen LogP contribution in [0.5, 0.6) is 5.75 Å². The van der Waals surface area contributed by atoms with Crippen LogP contribution in [0.2, 0.25) is 0 Å². The van der Waals surface area contributed by atoms with Crippen molar-refractivity contribution in [2.45, 2.75) is 37.8 Å². The first-order valence-corrected chi connectivity index (χ1v) is 12.9. The fourth-order valence-corrected chi connectivity index (χ4v) is 5.07. The van der Waals surface area contributed by atoms with E-state index < -0.39 is 56.0 Å². The number of para-hydroxylation sites is 1. The summed E-state index contributed by atoms with van der Waals surface area (Å²) in [6.45, 7) is 1.03. The van der Waals surface area contributed by atoms with Gasteiger partial charge in [-0.2, -0.15) is 5.09 Å². The highest BCUT2D eigenvalue weighted by atomic mass is 79.9. The van der Waals surface area contributed by atoms with Crippen LogP contribution in [0.1, 0.15) is 25.1 Å². The fourth-order valence-electron chi connectivity index (χ4n) is 3.29. The second-order valence-corrected chi connectivity index (χ2v) is 9.77. The van der Waals surface area contributed by atoms with Gasteiger partial charge in [-0.15, -0.1) is 0 Å². The van der Waals surface area contributed by atoms with Crippen LogP contribution < -0.4 is 20.9 Å². The van der Waals surface area contributed by atoms with Crippen LogP contribution in [-0.2, 0) is 23.4 Å². The molecule has 2 unspecified atom stereocenters. The molecule has 1 aromatic carbocycles. The van der Waals surface area contributed by atoms with E-state index in [0.29, 0.717) is 0 Å². The number of halogens is 1. The number of carbonyl (C=O) groups is 1. The normalized spacial score (nSPS) is 22.6. The third-order valence-electron chi connectivity index (χ3n) is 5.04. The van der Waals surface area contributed by atoms with E-state index in [2.05, 4.69) is 30.7 Å². The lowest BCUT2D eigenvalue weighted by Gasteiger charge is -2.24. The maximum Gasteiger partial charge on any atom is 0.459 e. The molecule has 3 rings (SSSR count). The average molecular weight is 574 g/mol. The highest BCUT2D eigenvalue weighted by Crippen LogP contribution is 2.45. The predicted molar refractivity (Wildman–Crippen MR) is 129 cm³/mol. The zero-order valence-corrected chi connectivity index (χ0v) is 21.3. The number of aromatic amines is 1. The Bertz CT molecular complexity index is 1220. The molecule has 1 aliphatic heterocycles. The molecule has 1 aliphatic rings. The predicted octanol–water partition coefficient (Wildman–Crippen LogP) is 1.91. The molecule has 3 N–H and O–H groups in total. The molecule has 1 saturated heterocycles.